The lowest BCUT2D eigenvalue weighted by atomic mass is 9.93. The van der Waals surface area contributed by atoms with E-state index in [9.17, 15) is 24.0 Å². The summed E-state index contributed by atoms with van der Waals surface area (Å²) in [5.74, 6) is -1.24. The molecule has 10 heteroatoms. The first-order valence-electron chi connectivity index (χ1n) is 11.5. The molecule has 0 saturated carbocycles. The van der Waals surface area contributed by atoms with Crippen LogP contribution in [0.25, 0.3) is 0 Å². The Bertz CT molecular complexity index is 958. The number of rotatable bonds is 15. The largest absolute Gasteiger partial charge is 0.492 e. The molecular formula is C25H35N3O7. The molecule has 2 rings (SSSR count). The Morgan fingerprint density at radius 2 is 1.74 bits per heavy atom. The van der Waals surface area contributed by atoms with Crippen molar-refractivity contribution in [1.82, 2.24) is 15.5 Å². The van der Waals surface area contributed by atoms with Crippen LogP contribution in [-0.4, -0.2) is 74.8 Å². The van der Waals surface area contributed by atoms with Gasteiger partial charge in [0.1, 0.15) is 12.0 Å². The zero-order chi connectivity index (χ0) is 26.2. The molecule has 0 spiro atoms. The molecule has 0 saturated heterocycles. The Kier molecular flexibility index (Phi) is 9.53. The molecule has 2 N–H and O–H groups in total. The molecule has 1 aromatic carbocycles. The molecule has 1 heterocycles. The van der Waals surface area contributed by atoms with Crippen LogP contribution in [0.4, 0.5) is 0 Å². The summed E-state index contributed by atoms with van der Waals surface area (Å²) in [5, 5.41) is 5.11. The quantitative estimate of drug-likeness (QED) is 0.282. The number of fused-ring (bicyclic) bond motifs is 1. The summed E-state index contributed by atoms with van der Waals surface area (Å²) in [6.07, 6.45) is 1.21. The molecule has 35 heavy (non-hydrogen) atoms. The van der Waals surface area contributed by atoms with Gasteiger partial charge >= 0.3 is 0 Å². The Morgan fingerprint density at radius 3 is 2.37 bits per heavy atom. The van der Waals surface area contributed by atoms with Gasteiger partial charge in [0, 0.05) is 30.8 Å². The van der Waals surface area contributed by atoms with E-state index in [1.807, 2.05) is 27.7 Å². The fourth-order valence-electron chi connectivity index (χ4n) is 3.64. The van der Waals surface area contributed by atoms with Crippen LogP contribution >= 0.6 is 0 Å². The van der Waals surface area contributed by atoms with Crippen molar-refractivity contribution in [3.63, 3.8) is 0 Å². The molecule has 1 unspecified atom stereocenters. The van der Waals surface area contributed by atoms with Gasteiger partial charge in [0.05, 0.1) is 37.0 Å². The summed E-state index contributed by atoms with van der Waals surface area (Å²) in [6, 6.07) is 3.70. The zero-order valence-electron chi connectivity index (χ0n) is 21.0. The third-order valence-electron chi connectivity index (χ3n) is 5.61. The second-order valence-corrected chi connectivity index (χ2v) is 10.2. The van der Waals surface area contributed by atoms with E-state index in [0.717, 1.165) is 4.90 Å². The fourth-order valence-corrected chi connectivity index (χ4v) is 3.64. The maximum absolute atomic E-state index is 13.1. The highest BCUT2D eigenvalue weighted by Gasteiger charge is 2.42. The van der Waals surface area contributed by atoms with Crippen molar-refractivity contribution < 1.29 is 33.4 Å². The number of carbonyl (C=O) groups excluding carboxylic acids is 5. The number of nitrogens with zero attached hydrogens (tertiary/aromatic N) is 1. The molecule has 0 fully saturated rings. The summed E-state index contributed by atoms with van der Waals surface area (Å²) in [5.41, 5.74) is -0.373. The summed E-state index contributed by atoms with van der Waals surface area (Å²) in [4.78, 5) is 60.7. The molecule has 1 atom stereocenters. The summed E-state index contributed by atoms with van der Waals surface area (Å²) >= 11 is 0. The number of hydrogen-bond donors (Lipinski definition) is 2. The number of ether oxygens (including phenoxy) is 2. The van der Waals surface area contributed by atoms with Crippen molar-refractivity contribution in [2.45, 2.75) is 46.6 Å². The van der Waals surface area contributed by atoms with Crippen LogP contribution in [0.2, 0.25) is 0 Å². The maximum atomic E-state index is 13.1. The molecular weight excluding hydrogens is 454 g/mol. The van der Waals surface area contributed by atoms with E-state index in [1.54, 1.807) is 12.1 Å². The van der Waals surface area contributed by atoms with E-state index in [2.05, 4.69) is 10.6 Å². The molecule has 0 bridgehead atoms. The Labute approximate surface area is 205 Å². The number of benzene rings is 1. The Balaban J connectivity index is 2.07. The van der Waals surface area contributed by atoms with E-state index in [4.69, 9.17) is 9.47 Å². The van der Waals surface area contributed by atoms with Crippen molar-refractivity contribution in [2.24, 2.45) is 10.8 Å². The maximum Gasteiger partial charge on any atom is 0.265 e. The van der Waals surface area contributed by atoms with Gasteiger partial charge in [-0.3, -0.25) is 24.1 Å². The second kappa shape index (κ2) is 11.9. The highest BCUT2D eigenvalue weighted by atomic mass is 16.5. The van der Waals surface area contributed by atoms with Crippen molar-refractivity contribution in [2.75, 3.05) is 33.4 Å². The lowest BCUT2D eigenvalue weighted by molar-refractivity contribution is -0.121. The monoisotopic (exact) mass is 489 g/mol. The number of carbonyl (C=O) groups is 5. The predicted octanol–water partition coefficient (Wildman–Crippen LogP) is 1.57. The standard InChI is InChI=1S/C25H35N3O7/c1-24(2,12-27-16-30)13-34-14-25(3,4)15-35-19-8-6-7-18-21(19)23(33)28(22(18)32)17(11-29)9-10-20(31)26-5/h6-8,11,16-17H,9-10,12-15H2,1-5H3,(H,26,31)(H,27,30). The minimum absolute atomic E-state index is 0.00682. The van der Waals surface area contributed by atoms with Gasteiger partial charge in [-0.1, -0.05) is 33.8 Å². The molecule has 0 aromatic heterocycles. The van der Waals surface area contributed by atoms with E-state index in [1.165, 1.54) is 13.1 Å². The van der Waals surface area contributed by atoms with Crippen molar-refractivity contribution in [1.29, 1.82) is 0 Å². The molecule has 192 valence electrons. The minimum Gasteiger partial charge on any atom is -0.492 e. The van der Waals surface area contributed by atoms with E-state index >= 15 is 0 Å². The highest BCUT2D eigenvalue weighted by Crippen LogP contribution is 2.33. The molecule has 1 aromatic rings. The molecule has 4 amide bonds. The van der Waals surface area contributed by atoms with E-state index in [0.29, 0.717) is 32.5 Å². The zero-order valence-corrected chi connectivity index (χ0v) is 21.0. The summed E-state index contributed by atoms with van der Waals surface area (Å²) in [6.45, 7) is 9.38. The van der Waals surface area contributed by atoms with Gasteiger partial charge < -0.3 is 24.9 Å². The van der Waals surface area contributed by atoms with Crippen molar-refractivity contribution in [3.8, 4) is 5.75 Å². The van der Waals surface area contributed by atoms with E-state index < -0.39 is 23.3 Å². The van der Waals surface area contributed by atoms with Gasteiger partial charge in [-0.25, -0.2) is 0 Å². The first-order chi connectivity index (χ1) is 16.5. The fraction of sp³-hybridized carbons (Fsp3) is 0.560. The number of hydrogen-bond acceptors (Lipinski definition) is 7. The number of imide groups is 1. The number of aldehydes is 1. The summed E-state index contributed by atoms with van der Waals surface area (Å²) < 4.78 is 11.8. The SMILES string of the molecule is CNC(=O)CCC(C=O)N1C(=O)c2cccc(OCC(C)(C)COCC(C)(C)CNC=O)c2C1=O. The van der Waals surface area contributed by atoms with Crippen LogP contribution in [0.5, 0.6) is 5.75 Å². The van der Waals surface area contributed by atoms with Gasteiger partial charge in [0.15, 0.2) is 0 Å². The average Bonchev–Trinajstić information content (AvgIpc) is 3.07. The smallest absolute Gasteiger partial charge is 0.265 e. The van der Waals surface area contributed by atoms with Crippen molar-refractivity contribution >= 4 is 30.4 Å². The van der Waals surface area contributed by atoms with Gasteiger partial charge in [-0.2, -0.15) is 0 Å². The van der Waals surface area contributed by atoms with Crippen LogP contribution in [0.1, 0.15) is 61.3 Å². The van der Waals surface area contributed by atoms with Crippen LogP contribution in [0, 0.1) is 10.8 Å². The lowest BCUT2D eigenvalue weighted by Gasteiger charge is -2.29. The molecule has 1 aliphatic heterocycles. The van der Waals surface area contributed by atoms with Crippen molar-refractivity contribution in [3.05, 3.63) is 29.3 Å². The number of nitrogens with one attached hydrogen (secondary N) is 2. The van der Waals surface area contributed by atoms with Crippen LogP contribution in [0.15, 0.2) is 18.2 Å². The average molecular weight is 490 g/mol. The van der Waals surface area contributed by atoms with Gasteiger partial charge in [0.25, 0.3) is 11.8 Å². The Hall–Kier alpha value is -3.27. The van der Waals surface area contributed by atoms with Crippen LogP contribution in [0.3, 0.4) is 0 Å². The summed E-state index contributed by atoms with van der Waals surface area (Å²) in [7, 11) is 1.47. The third kappa shape index (κ3) is 7.35. The highest BCUT2D eigenvalue weighted by molar-refractivity contribution is 6.23. The first kappa shape index (κ1) is 28.0. The van der Waals surface area contributed by atoms with Crippen LogP contribution in [-0.2, 0) is 19.1 Å². The van der Waals surface area contributed by atoms with E-state index in [-0.39, 0.29) is 47.6 Å². The third-order valence-corrected chi connectivity index (χ3v) is 5.61. The topological polar surface area (TPSA) is 131 Å². The molecule has 0 radical (unpaired) electrons. The molecule has 0 aliphatic carbocycles. The number of amides is 4. The van der Waals surface area contributed by atoms with Gasteiger partial charge in [-0.15, -0.1) is 0 Å². The van der Waals surface area contributed by atoms with Gasteiger partial charge in [-0.05, 0) is 18.6 Å². The predicted molar refractivity (Wildman–Crippen MR) is 128 cm³/mol. The molecule has 1 aliphatic rings. The first-order valence-corrected chi connectivity index (χ1v) is 11.5. The Morgan fingerprint density at radius 1 is 1.06 bits per heavy atom. The molecule has 10 nitrogen and oxygen atoms in total. The lowest BCUT2D eigenvalue weighted by Crippen LogP contribution is -2.41. The van der Waals surface area contributed by atoms with Crippen LogP contribution < -0.4 is 15.4 Å². The second-order valence-electron chi connectivity index (χ2n) is 10.2. The minimum atomic E-state index is -1.05. The normalized spacial score (nSPS) is 14.4. The van der Waals surface area contributed by atoms with Gasteiger partial charge in [0.2, 0.25) is 12.3 Å².